The van der Waals surface area contributed by atoms with Crippen molar-refractivity contribution in [3.63, 3.8) is 0 Å². The number of nitrogens with one attached hydrogen (secondary N) is 1. The monoisotopic (exact) mass is 443 g/mol. The first-order chi connectivity index (χ1) is 16.3. The summed E-state index contributed by atoms with van der Waals surface area (Å²) >= 11 is 0. The Labute approximate surface area is 193 Å². The fourth-order valence-corrected chi connectivity index (χ4v) is 5.28. The van der Waals surface area contributed by atoms with Crippen LogP contribution >= 0.6 is 0 Å². The van der Waals surface area contributed by atoms with Crippen LogP contribution in [0.2, 0.25) is 0 Å². The molecule has 2 unspecified atom stereocenters. The number of fused-ring (bicyclic) bond motifs is 1. The summed E-state index contributed by atoms with van der Waals surface area (Å²) in [6.07, 6.45) is 9.23. The Balaban J connectivity index is 1.36. The molecule has 3 aliphatic rings. The van der Waals surface area contributed by atoms with Gasteiger partial charge in [-0.1, -0.05) is 12.1 Å². The van der Waals surface area contributed by atoms with Gasteiger partial charge in [-0.25, -0.2) is 4.68 Å². The maximum absolute atomic E-state index is 13.1. The Bertz CT molecular complexity index is 1150. The first kappa shape index (κ1) is 20.6. The summed E-state index contributed by atoms with van der Waals surface area (Å²) in [5, 5.41) is 8.35. The minimum Gasteiger partial charge on any atom is -0.357 e. The second-order valence-electron chi connectivity index (χ2n) is 9.21. The summed E-state index contributed by atoms with van der Waals surface area (Å²) in [5.74, 6) is 0.154. The van der Waals surface area contributed by atoms with Gasteiger partial charge < -0.3 is 15.0 Å². The number of carbonyl (C=O) groups excluding carboxylic acids is 1. The third-order valence-corrected chi connectivity index (χ3v) is 7.05. The van der Waals surface area contributed by atoms with Gasteiger partial charge in [0.25, 0.3) is 5.91 Å². The van der Waals surface area contributed by atoms with Gasteiger partial charge in [-0.15, -0.1) is 0 Å². The van der Waals surface area contributed by atoms with E-state index in [9.17, 15) is 4.79 Å². The zero-order valence-corrected chi connectivity index (χ0v) is 18.7. The molecule has 2 fully saturated rings. The van der Waals surface area contributed by atoms with E-state index < -0.39 is 0 Å². The average molecular weight is 444 g/mol. The standard InChI is InChI=1S/C26H29N5O2/c32-26-21-10-9-18(14-19(21)16-30(26)20-6-5-11-27-15-20)22-17-31(24-8-2-4-13-33-24)29-25(22)23-7-1-3-12-28-23/h1,3,7,9-10,12,14,17,20,24,27H,2,4-6,8,11,13,15-16H2. The van der Waals surface area contributed by atoms with Crippen molar-refractivity contribution >= 4 is 5.91 Å². The maximum atomic E-state index is 13.1. The van der Waals surface area contributed by atoms with E-state index in [2.05, 4.69) is 28.6 Å². The van der Waals surface area contributed by atoms with Crippen molar-refractivity contribution in [2.45, 2.75) is 50.9 Å². The van der Waals surface area contributed by atoms with Crippen LogP contribution in [0.5, 0.6) is 0 Å². The van der Waals surface area contributed by atoms with Crippen LogP contribution in [0, 0.1) is 0 Å². The molecule has 5 heterocycles. The molecule has 2 atom stereocenters. The lowest BCUT2D eigenvalue weighted by atomic mass is 10.00. The van der Waals surface area contributed by atoms with E-state index in [4.69, 9.17) is 9.84 Å². The predicted octanol–water partition coefficient (Wildman–Crippen LogP) is 4.02. The number of aromatic nitrogens is 3. The Morgan fingerprint density at radius 3 is 2.82 bits per heavy atom. The molecule has 3 aliphatic heterocycles. The molecule has 0 radical (unpaired) electrons. The molecular weight excluding hydrogens is 414 g/mol. The van der Waals surface area contributed by atoms with E-state index >= 15 is 0 Å². The fourth-order valence-electron chi connectivity index (χ4n) is 5.28. The highest BCUT2D eigenvalue weighted by Gasteiger charge is 2.33. The van der Waals surface area contributed by atoms with Gasteiger partial charge >= 0.3 is 0 Å². The number of hydrogen-bond acceptors (Lipinski definition) is 5. The summed E-state index contributed by atoms with van der Waals surface area (Å²) in [4.78, 5) is 19.7. The van der Waals surface area contributed by atoms with Gasteiger partial charge in [0.05, 0.1) is 5.69 Å². The van der Waals surface area contributed by atoms with E-state index in [0.29, 0.717) is 6.54 Å². The highest BCUT2D eigenvalue weighted by molar-refractivity contribution is 5.99. The van der Waals surface area contributed by atoms with Crippen molar-refractivity contribution in [1.82, 2.24) is 25.0 Å². The summed E-state index contributed by atoms with van der Waals surface area (Å²) in [6.45, 7) is 3.37. The number of benzene rings is 1. The van der Waals surface area contributed by atoms with E-state index in [1.807, 2.05) is 33.8 Å². The number of hydrogen-bond donors (Lipinski definition) is 1. The molecule has 2 saturated heterocycles. The molecule has 33 heavy (non-hydrogen) atoms. The molecule has 2 aromatic heterocycles. The Morgan fingerprint density at radius 1 is 1.06 bits per heavy atom. The number of carbonyl (C=O) groups is 1. The van der Waals surface area contributed by atoms with Crippen LogP contribution in [0.25, 0.3) is 22.5 Å². The molecule has 1 aromatic carbocycles. The molecule has 170 valence electrons. The van der Waals surface area contributed by atoms with E-state index in [0.717, 1.165) is 85.4 Å². The number of rotatable bonds is 4. The minimum absolute atomic E-state index is 0.0414. The molecule has 0 saturated carbocycles. The lowest BCUT2D eigenvalue weighted by molar-refractivity contribution is -0.0393. The smallest absolute Gasteiger partial charge is 0.254 e. The zero-order valence-electron chi connectivity index (χ0n) is 18.7. The normalized spacial score (nSPS) is 23.0. The Hall–Kier alpha value is -3.03. The number of ether oxygens (including phenoxy) is 1. The van der Waals surface area contributed by atoms with Crippen molar-refractivity contribution in [1.29, 1.82) is 0 Å². The second-order valence-corrected chi connectivity index (χ2v) is 9.21. The second kappa shape index (κ2) is 8.72. The zero-order chi connectivity index (χ0) is 22.2. The molecule has 6 rings (SSSR count). The number of nitrogens with zero attached hydrogens (tertiary/aromatic N) is 4. The summed E-state index contributed by atoms with van der Waals surface area (Å²) < 4.78 is 7.95. The van der Waals surface area contributed by atoms with Crippen LogP contribution in [0.1, 0.15) is 54.3 Å². The molecule has 0 spiro atoms. The van der Waals surface area contributed by atoms with Crippen LogP contribution in [0.3, 0.4) is 0 Å². The van der Waals surface area contributed by atoms with E-state index in [1.54, 1.807) is 6.20 Å². The first-order valence-corrected chi connectivity index (χ1v) is 12.0. The molecule has 7 nitrogen and oxygen atoms in total. The average Bonchev–Trinajstić information content (AvgIpc) is 3.47. The lowest BCUT2D eigenvalue weighted by Gasteiger charge is -2.31. The van der Waals surface area contributed by atoms with Crippen LogP contribution < -0.4 is 5.32 Å². The Morgan fingerprint density at radius 2 is 2.03 bits per heavy atom. The fraction of sp³-hybridized carbons (Fsp3) is 0.423. The van der Waals surface area contributed by atoms with Gasteiger partial charge in [0.1, 0.15) is 11.9 Å². The maximum Gasteiger partial charge on any atom is 0.254 e. The predicted molar refractivity (Wildman–Crippen MR) is 125 cm³/mol. The van der Waals surface area contributed by atoms with E-state index in [1.165, 1.54) is 0 Å². The largest absolute Gasteiger partial charge is 0.357 e. The van der Waals surface area contributed by atoms with E-state index in [-0.39, 0.29) is 18.2 Å². The molecule has 1 amide bonds. The highest BCUT2D eigenvalue weighted by atomic mass is 16.5. The van der Waals surface area contributed by atoms with Crippen molar-refractivity contribution in [3.05, 3.63) is 59.9 Å². The molecule has 3 aromatic rings. The van der Waals surface area contributed by atoms with Gasteiger partial charge in [0.15, 0.2) is 0 Å². The number of amides is 1. The third kappa shape index (κ3) is 3.85. The van der Waals surface area contributed by atoms with Crippen molar-refractivity contribution in [2.24, 2.45) is 0 Å². The lowest BCUT2D eigenvalue weighted by Crippen LogP contribution is -2.46. The highest BCUT2D eigenvalue weighted by Crippen LogP contribution is 2.36. The van der Waals surface area contributed by atoms with Crippen molar-refractivity contribution < 1.29 is 9.53 Å². The van der Waals surface area contributed by atoms with Gasteiger partial charge in [-0.3, -0.25) is 9.78 Å². The topological polar surface area (TPSA) is 72.3 Å². The Kier molecular flexibility index (Phi) is 5.44. The summed E-state index contributed by atoms with van der Waals surface area (Å²) in [7, 11) is 0. The molecule has 0 aliphatic carbocycles. The van der Waals surface area contributed by atoms with Crippen LogP contribution in [-0.4, -0.2) is 51.3 Å². The van der Waals surface area contributed by atoms with Crippen molar-refractivity contribution in [2.75, 3.05) is 19.7 Å². The third-order valence-electron chi connectivity index (χ3n) is 7.05. The first-order valence-electron chi connectivity index (χ1n) is 12.0. The van der Waals surface area contributed by atoms with Gasteiger partial charge in [-0.2, -0.15) is 5.10 Å². The SMILES string of the molecule is O=C1c2ccc(-c3cn(C4CCCCO4)nc3-c3ccccn3)cc2CN1C1CCCNC1. The molecule has 0 bridgehead atoms. The van der Waals surface area contributed by atoms with Crippen LogP contribution in [0.4, 0.5) is 0 Å². The molecular formula is C26H29N5O2. The van der Waals surface area contributed by atoms with Crippen molar-refractivity contribution in [3.8, 4) is 22.5 Å². The van der Waals surface area contributed by atoms with Gasteiger partial charge in [-0.05, 0) is 74.0 Å². The van der Waals surface area contributed by atoms with Crippen LogP contribution in [-0.2, 0) is 11.3 Å². The van der Waals surface area contributed by atoms with Crippen LogP contribution in [0.15, 0.2) is 48.8 Å². The summed E-state index contributed by atoms with van der Waals surface area (Å²) in [5.41, 5.74) is 5.70. The number of pyridine rings is 1. The minimum atomic E-state index is -0.0414. The molecule has 7 heteroatoms. The molecule has 1 N–H and O–H groups in total. The van der Waals surface area contributed by atoms with Gasteiger partial charge in [0, 0.05) is 49.3 Å². The van der Waals surface area contributed by atoms with Gasteiger partial charge in [0.2, 0.25) is 0 Å². The number of piperidine rings is 1. The summed E-state index contributed by atoms with van der Waals surface area (Å²) in [6, 6.07) is 12.4. The quantitative estimate of drug-likeness (QED) is 0.659.